The van der Waals surface area contributed by atoms with Crippen molar-refractivity contribution in [1.29, 1.82) is 0 Å². The van der Waals surface area contributed by atoms with Crippen molar-refractivity contribution in [2.75, 3.05) is 31.7 Å². The normalized spacial score (nSPS) is 19.3. The van der Waals surface area contributed by atoms with Gasteiger partial charge in [-0.1, -0.05) is 25.0 Å². The van der Waals surface area contributed by atoms with Crippen molar-refractivity contribution < 1.29 is 19.1 Å². The van der Waals surface area contributed by atoms with E-state index in [2.05, 4.69) is 0 Å². The molecule has 0 spiro atoms. The van der Waals surface area contributed by atoms with Crippen molar-refractivity contribution in [2.45, 2.75) is 44.6 Å². The molecule has 6 nitrogen and oxygen atoms in total. The summed E-state index contributed by atoms with van der Waals surface area (Å²) >= 11 is 0. The number of nitrogens with zero attached hydrogens (tertiary/aromatic N) is 2. The minimum Gasteiger partial charge on any atom is -0.497 e. The van der Waals surface area contributed by atoms with Crippen molar-refractivity contribution in [3.05, 3.63) is 54.1 Å². The molecular formula is C25H30N2O4. The zero-order chi connectivity index (χ0) is 21.6. The Bertz CT molecular complexity index is 895. The lowest BCUT2D eigenvalue weighted by Crippen LogP contribution is -2.38. The summed E-state index contributed by atoms with van der Waals surface area (Å²) in [5, 5.41) is 0. The molecule has 4 rings (SSSR count). The van der Waals surface area contributed by atoms with Crippen LogP contribution in [0.1, 0.15) is 50.1 Å². The Hall–Kier alpha value is -3.02. The van der Waals surface area contributed by atoms with Gasteiger partial charge in [0.2, 0.25) is 5.91 Å². The maximum absolute atomic E-state index is 13.1. The van der Waals surface area contributed by atoms with Gasteiger partial charge in [-0.05, 0) is 61.2 Å². The number of rotatable bonds is 6. The van der Waals surface area contributed by atoms with Gasteiger partial charge < -0.3 is 19.3 Å². The third-order valence-electron chi connectivity index (χ3n) is 6.16. The van der Waals surface area contributed by atoms with Crippen LogP contribution < -0.4 is 14.4 Å². The number of ether oxygens (including phenoxy) is 2. The number of carbonyl (C=O) groups excluding carboxylic acids is 2. The predicted octanol–water partition coefficient (Wildman–Crippen LogP) is 4.34. The second-order valence-corrected chi connectivity index (χ2v) is 8.16. The van der Waals surface area contributed by atoms with Crippen molar-refractivity contribution >= 4 is 17.5 Å². The monoisotopic (exact) mass is 422 g/mol. The van der Waals surface area contributed by atoms with E-state index < -0.39 is 0 Å². The summed E-state index contributed by atoms with van der Waals surface area (Å²) in [7, 11) is 1.66. The van der Waals surface area contributed by atoms with Crippen molar-refractivity contribution in [2.24, 2.45) is 0 Å². The second kappa shape index (κ2) is 9.86. The lowest BCUT2D eigenvalue weighted by atomic mass is 10.0. The van der Waals surface area contributed by atoms with Crippen LogP contribution in [0.3, 0.4) is 0 Å². The van der Waals surface area contributed by atoms with Gasteiger partial charge in [-0.3, -0.25) is 9.59 Å². The molecule has 2 saturated heterocycles. The Balaban J connectivity index is 1.40. The first-order valence-electron chi connectivity index (χ1n) is 11.1. The fourth-order valence-corrected chi connectivity index (χ4v) is 4.45. The predicted molar refractivity (Wildman–Crippen MR) is 119 cm³/mol. The molecule has 0 aromatic heterocycles. The summed E-state index contributed by atoms with van der Waals surface area (Å²) in [6, 6.07) is 15.5. The van der Waals surface area contributed by atoms with Crippen LogP contribution in [0.15, 0.2) is 48.5 Å². The molecule has 31 heavy (non-hydrogen) atoms. The molecule has 1 atom stereocenters. The van der Waals surface area contributed by atoms with E-state index in [0.717, 1.165) is 62.2 Å². The van der Waals surface area contributed by atoms with Gasteiger partial charge in [-0.2, -0.15) is 0 Å². The van der Waals surface area contributed by atoms with Crippen LogP contribution in [0.2, 0.25) is 0 Å². The molecule has 2 aliphatic rings. The van der Waals surface area contributed by atoms with Crippen molar-refractivity contribution in [3.8, 4) is 11.5 Å². The van der Waals surface area contributed by atoms with Crippen LogP contribution in [0.25, 0.3) is 0 Å². The number of likely N-dealkylation sites (tertiary alicyclic amines) is 1. The van der Waals surface area contributed by atoms with Crippen LogP contribution in [0.4, 0.5) is 5.69 Å². The van der Waals surface area contributed by atoms with Gasteiger partial charge in [0.25, 0.3) is 5.91 Å². The van der Waals surface area contributed by atoms with Gasteiger partial charge in [-0.25, -0.2) is 0 Å². The maximum Gasteiger partial charge on any atom is 0.261 e. The molecule has 2 fully saturated rings. The largest absolute Gasteiger partial charge is 0.497 e. The fourth-order valence-electron chi connectivity index (χ4n) is 4.45. The topological polar surface area (TPSA) is 59.1 Å². The van der Waals surface area contributed by atoms with Gasteiger partial charge in [0.15, 0.2) is 6.61 Å². The second-order valence-electron chi connectivity index (χ2n) is 8.16. The molecule has 1 unspecified atom stereocenters. The zero-order valence-electron chi connectivity index (χ0n) is 18.1. The van der Waals surface area contributed by atoms with Crippen LogP contribution in [0, 0.1) is 0 Å². The Morgan fingerprint density at radius 3 is 2.35 bits per heavy atom. The highest BCUT2D eigenvalue weighted by atomic mass is 16.5. The van der Waals surface area contributed by atoms with Crippen molar-refractivity contribution in [3.63, 3.8) is 0 Å². The SMILES string of the molecule is COc1ccc(C2CCCCCN2C(=O)COc2ccc(N3CCCC3=O)cc2)cc1. The molecule has 0 radical (unpaired) electrons. The van der Waals surface area contributed by atoms with Gasteiger partial charge >= 0.3 is 0 Å². The molecular weight excluding hydrogens is 392 g/mol. The van der Waals surface area contributed by atoms with Gasteiger partial charge in [0, 0.05) is 25.2 Å². The highest BCUT2D eigenvalue weighted by Gasteiger charge is 2.27. The highest BCUT2D eigenvalue weighted by molar-refractivity contribution is 5.95. The lowest BCUT2D eigenvalue weighted by Gasteiger charge is -2.30. The highest BCUT2D eigenvalue weighted by Crippen LogP contribution is 2.31. The molecule has 2 heterocycles. The van der Waals surface area contributed by atoms with Gasteiger partial charge in [0.05, 0.1) is 13.2 Å². The molecule has 0 N–H and O–H groups in total. The minimum atomic E-state index is 0.00140. The number of anilines is 1. The maximum atomic E-state index is 13.1. The molecule has 0 bridgehead atoms. The van der Waals surface area contributed by atoms with Crippen LogP contribution in [0.5, 0.6) is 11.5 Å². The molecule has 2 aromatic rings. The smallest absolute Gasteiger partial charge is 0.261 e. The minimum absolute atomic E-state index is 0.00140. The van der Waals surface area contributed by atoms with Gasteiger partial charge in [-0.15, -0.1) is 0 Å². The molecule has 2 aliphatic heterocycles. The summed E-state index contributed by atoms with van der Waals surface area (Å²) in [6.45, 7) is 1.52. The lowest BCUT2D eigenvalue weighted by molar-refractivity contribution is -0.135. The summed E-state index contributed by atoms with van der Waals surface area (Å²) in [5.41, 5.74) is 2.02. The standard InChI is InChI=1S/C25H30N2O4/c1-30-21-12-8-19(9-13-21)23-6-3-2-4-16-27(23)25(29)18-31-22-14-10-20(11-15-22)26-17-5-7-24(26)28/h8-15,23H,2-7,16-18H2,1H3. The van der Waals surface area contributed by atoms with Crippen LogP contribution in [-0.4, -0.2) is 43.5 Å². The number of amides is 2. The third-order valence-corrected chi connectivity index (χ3v) is 6.16. The van der Waals surface area contributed by atoms with E-state index in [1.165, 1.54) is 0 Å². The van der Waals surface area contributed by atoms with E-state index in [1.54, 1.807) is 12.0 Å². The molecule has 2 amide bonds. The number of methoxy groups -OCH3 is 1. The van der Waals surface area contributed by atoms with E-state index in [9.17, 15) is 9.59 Å². The number of benzene rings is 2. The van der Waals surface area contributed by atoms with Crippen LogP contribution >= 0.6 is 0 Å². The van der Waals surface area contributed by atoms with Gasteiger partial charge in [0.1, 0.15) is 11.5 Å². The summed E-state index contributed by atoms with van der Waals surface area (Å²) in [6.07, 6.45) is 5.72. The molecule has 2 aromatic carbocycles. The van der Waals surface area contributed by atoms with E-state index in [0.29, 0.717) is 12.2 Å². The fraction of sp³-hybridized carbons (Fsp3) is 0.440. The summed E-state index contributed by atoms with van der Waals surface area (Å²) < 4.78 is 11.1. The first-order valence-corrected chi connectivity index (χ1v) is 11.1. The Labute approximate surface area is 183 Å². The summed E-state index contributed by atoms with van der Waals surface area (Å²) in [4.78, 5) is 28.7. The summed E-state index contributed by atoms with van der Waals surface area (Å²) in [5.74, 6) is 1.62. The molecule has 0 saturated carbocycles. The average Bonchev–Trinajstić information content (AvgIpc) is 3.08. The van der Waals surface area contributed by atoms with E-state index in [4.69, 9.17) is 9.47 Å². The van der Waals surface area contributed by atoms with E-state index in [-0.39, 0.29) is 24.5 Å². The number of carbonyl (C=O) groups is 2. The Morgan fingerprint density at radius 2 is 1.68 bits per heavy atom. The third kappa shape index (κ3) is 5.01. The molecule has 164 valence electrons. The molecule has 0 aliphatic carbocycles. The van der Waals surface area contributed by atoms with E-state index in [1.807, 2.05) is 53.4 Å². The average molecular weight is 423 g/mol. The van der Waals surface area contributed by atoms with Crippen molar-refractivity contribution in [1.82, 2.24) is 4.90 Å². The Kier molecular flexibility index (Phi) is 6.75. The zero-order valence-corrected chi connectivity index (χ0v) is 18.1. The van der Waals surface area contributed by atoms with E-state index >= 15 is 0 Å². The first kappa shape index (κ1) is 21.2. The quantitative estimate of drug-likeness (QED) is 0.695. The number of hydrogen-bond acceptors (Lipinski definition) is 4. The first-order chi connectivity index (χ1) is 15.2. The Morgan fingerprint density at radius 1 is 0.935 bits per heavy atom. The number of hydrogen-bond donors (Lipinski definition) is 0. The molecule has 6 heteroatoms. The van der Waals surface area contributed by atoms with Crippen LogP contribution in [-0.2, 0) is 9.59 Å².